The van der Waals surface area contributed by atoms with Gasteiger partial charge in [0.1, 0.15) is 0 Å². The van der Waals surface area contributed by atoms with E-state index in [0.29, 0.717) is 12.3 Å². The van der Waals surface area contributed by atoms with Gasteiger partial charge in [-0.1, -0.05) is 6.92 Å². The van der Waals surface area contributed by atoms with Crippen LogP contribution in [0.1, 0.15) is 32.6 Å². The van der Waals surface area contributed by atoms with Crippen LogP contribution in [-0.4, -0.2) is 22.3 Å². The molecule has 0 amide bonds. The van der Waals surface area contributed by atoms with Crippen LogP contribution in [0.4, 0.5) is 0 Å². The Morgan fingerprint density at radius 2 is 2.08 bits per heavy atom. The maximum atomic E-state index is 10.4. The summed E-state index contributed by atoms with van der Waals surface area (Å²) in [6, 6.07) is 0. The molecule has 0 aliphatic heterocycles. The third-order valence-electron chi connectivity index (χ3n) is 2.48. The van der Waals surface area contributed by atoms with Crippen molar-refractivity contribution in [3.63, 3.8) is 0 Å². The first-order chi connectivity index (χ1) is 5.58. The summed E-state index contributed by atoms with van der Waals surface area (Å²) in [4.78, 5) is 10.4. The van der Waals surface area contributed by atoms with Crippen LogP contribution in [0.2, 0.25) is 0 Å². The predicted molar refractivity (Wildman–Crippen MR) is 44.8 cm³/mol. The van der Waals surface area contributed by atoms with Crippen molar-refractivity contribution in [2.24, 2.45) is 11.8 Å². The molecule has 12 heavy (non-hydrogen) atoms. The molecule has 0 spiro atoms. The van der Waals surface area contributed by atoms with Crippen molar-refractivity contribution in [3.05, 3.63) is 0 Å². The summed E-state index contributed by atoms with van der Waals surface area (Å²) in [7, 11) is 0. The Balaban J connectivity index is 2.38. The Labute approximate surface area is 72.4 Å². The lowest BCUT2D eigenvalue weighted by Crippen LogP contribution is -2.26. The molecule has 1 saturated carbocycles. The third kappa shape index (κ3) is 2.81. The van der Waals surface area contributed by atoms with Gasteiger partial charge in [0.25, 0.3) is 0 Å². The zero-order valence-electron chi connectivity index (χ0n) is 7.36. The molecule has 0 radical (unpaired) electrons. The summed E-state index contributed by atoms with van der Waals surface area (Å²) in [6.07, 6.45) is 2.37. The Kier molecular flexibility index (Phi) is 3.09. The summed E-state index contributed by atoms with van der Waals surface area (Å²) >= 11 is 0. The summed E-state index contributed by atoms with van der Waals surface area (Å²) in [6.45, 7) is 2.07. The van der Waals surface area contributed by atoms with E-state index in [1.54, 1.807) is 0 Å². The van der Waals surface area contributed by atoms with Crippen LogP contribution < -0.4 is 0 Å². The number of carbonyl (C=O) groups is 1. The normalized spacial score (nSPS) is 36.3. The van der Waals surface area contributed by atoms with E-state index in [1.807, 2.05) is 0 Å². The van der Waals surface area contributed by atoms with Crippen LogP contribution in [0.3, 0.4) is 0 Å². The molecule has 1 rings (SSSR count). The Morgan fingerprint density at radius 3 is 2.58 bits per heavy atom. The van der Waals surface area contributed by atoms with Crippen molar-refractivity contribution in [2.75, 3.05) is 0 Å². The Bertz CT molecular complexity index is 157. The summed E-state index contributed by atoms with van der Waals surface area (Å²) in [5.74, 6) is -0.0966. The lowest BCUT2D eigenvalue weighted by Gasteiger charge is -2.29. The molecule has 0 aromatic heterocycles. The number of carboxylic acid groups (broad SMARTS) is 1. The molecule has 3 unspecified atom stereocenters. The zero-order chi connectivity index (χ0) is 9.14. The number of carboxylic acids is 1. The van der Waals surface area contributed by atoms with E-state index >= 15 is 0 Å². The molecule has 3 atom stereocenters. The minimum atomic E-state index is -0.749. The second-order valence-electron chi connectivity index (χ2n) is 3.93. The Morgan fingerprint density at radius 1 is 1.42 bits per heavy atom. The SMILES string of the molecule is CC1CC(O)CC(CC(=O)O)C1. The fraction of sp³-hybridized carbons (Fsp3) is 0.889. The van der Waals surface area contributed by atoms with Crippen LogP contribution in [-0.2, 0) is 4.79 Å². The molecule has 2 N–H and O–H groups in total. The average molecular weight is 172 g/mol. The van der Waals surface area contributed by atoms with Crippen molar-refractivity contribution < 1.29 is 15.0 Å². The van der Waals surface area contributed by atoms with Gasteiger partial charge in [-0.15, -0.1) is 0 Å². The summed E-state index contributed by atoms with van der Waals surface area (Å²) in [5, 5.41) is 17.9. The predicted octanol–water partition coefficient (Wildman–Crippen LogP) is 1.26. The second kappa shape index (κ2) is 3.90. The van der Waals surface area contributed by atoms with E-state index in [4.69, 9.17) is 5.11 Å². The lowest BCUT2D eigenvalue weighted by atomic mass is 9.79. The number of hydrogen-bond donors (Lipinski definition) is 2. The molecule has 1 aliphatic rings. The van der Waals surface area contributed by atoms with Gasteiger partial charge in [-0.3, -0.25) is 4.79 Å². The first kappa shape index (κ1) is 9.52. The fourth-order valence-electron chi connectivity index (χ4n) is 2.12. The van der Waals surface area contributed by atoms with Gasteiger partial charge in [0, 0.05) is 6.42 Å². The molecule has 70 valence electrons. The molecule has 0 bridgehead atoms. The van der Waals surface area contributed by atoms with Gasteiger partial charge in [0.2, 0.25) is 0 Å². The second-order valence-corrected chi connectivity index (χ2v) is 3.93. The molecule has 0 heterocycles. The smallest absolute Gasteiger partial charge is 0.303 e. The zero-order valence-corrected chi connectivity index (χ0v) is 7.36. The van der Waals surface area contributed by atoms with E-state index in [2.05, 4.69) is 6.92 Å². The van der Waals surface area contributed by atoms with E-state index in [1.165, 1.54) is 0 Å². The standard InChI is InChI=1S/C9H16O3/c1-6-2-7(5-9(11)12)4-8(10)3-6/h6-8,10H,2-5H2,1H3,(H,11,12). The molecule has 3 nitrogen and oxygen atoms in total. The first-order valence-corrected chi connectivity index (χ1v) is 4.47. The topological polar surface area (TPSA) is 57.5 Å². The molecular weight excluding hydrogens is 156 g/mol. The maximum absolute atomic E-state index is 10.4. The molecule has 0 saturated heterocycles. The van der Waals surface area contributed by atoms with Gasteiger partial charge >= 0.3 is 5.97 Å². The number of aliphatic carboxylic acids is 1. The van der Waals surface area contributed by atoms with Crippen molar-refractivity contribution in [2.45, 2.75) is 38.7 Å². The van der Waals surface area contributed by atoms with Gasteiger partial charge in [0.15, 0.2) is 0 Å². The highest BCUT2D eigenvalue weighted by Crippen LogP contribution is 2.30. The van der Waals surface area contributed by atoms with E-state index in [0.717, 1.165) is 12.8 Å². The van der Waals surface area contributed by atoms with E-state index in [-0.39, 0.29) is 18.4 Å². The molecular formula is C9H16O3. The number of hydrogen-bond acceptors (Lipinski definition) is 2. The molecule has 1 aliphatic carbocycles. The van der Waals surface area contributed by atoms with Gasteiger partial charge in [-0.2, -0.15) is 0 Å². The van der Waals surface area contributed by atoms with Gasteiger partial charge in [-0.05, 0) is 31.1 Å². The summed E-state index contributed by atoms with van der Waals surface area (Å²) < 4.78 is 0. The van der Waals surface area contributed by atoms with Crippen molar-refractivity contribution in [3.8, 4) is 0 Å². The van der Waals surface area contributed by atoms with Crippen LogP contribution >= 0.6 is 0 Å². The molecule has 1 fully saturated rings. The van der Waals surface area contributed by atoms with E-state index < -0.39 is 5.97 Å². The van der Waals surface area contributed by atoms with Crippen molar-refractivity contribution in [1.82, 2.24) is 0 Å². The summed E-state index contributed by atoms with van der Waals surface area (Å²) in [5.41, 5.74) is 0. The fourth-order valence-corrected chi connectivity index (χ4v) is 2.12. The van der Waals surface area contributed by atoms with Crippen LogP contribution in [0.5, 0.6) is 0 Å². The minimum absolute atomic E-state index is 0.182. The van der Waals surface area contributed by atoms with Gasteiger partial charge in [0.05, 0.1) is 6.10 Å². The monoisotopic (exact) mass is 172 g/mol. The number of aliphatic hydroxyl groups is 1. The lowest BCUT2D eigenvalue weighted by molar-refractivity contribution is -0.138. The number of aliphatic hydroxyl groups excluding tert-OH is 1. The molecule has 3 heteroatoms. The van der Waals surface area contributed by atoms with Crippen LogP contribution in [0.25, 0.3) is 0 Å². The first-order valence-electron chi connectivity index (χ1n) is 4.47. The number of rotatable bonds is 2. The minimum Gasteiger partial charge on any atom is -0.481 e. The average Bonchev–Trinajstić information content (AvgIpc) is 1.81. The largest absolute Gasteiger partial charge is 0.481 e. The Hall–Kier alpha value is -0.570. The third-order valence-corrected chi connectivity index (χ3v) is 2.48. The highest BCUT2D eigenvalue weighted by atomic mass is 16.4. The maximum Gasteiger partial charge on any atom is 0.303 e. The molecule has 0 aromatic rings. The van der Waals surface area contributed by atoms with E-state index in [9.17, 15) is 9.90 Å². The highest BCUT2D eigenvalue weighted by molar-refractivity contribution is 5.67. The van der Waals surface area contributed by atoms with Crippen molar-refractivity contribution >= 4 is 5.97 Å². The highest BCUT2D eigenvalue weighted by Gasteiger charge is 2.26. The van der Waals surface area contributed by atoms with Crippen LogP contribution in [0.15, 0.2) is 0 Å². The van der Waals surface area contributed by atoms with Crippen LogP contribution in [0, 0.1) is 11.8 Å². The van der Waals surface area contributed by atoms with Crippen molar-refractivity contribution in [1.29, 1.82) is 0 Å². The van der Waals surface area contributed by atoms with Gasteiger partial charge < -0.3 is 10.2 Å². The quantitative estimate of drug-likeness (QED) is 0.659. The van der Waals surface area contributed by atoms with Gasteiger partial charge in [-0.25, -0.2) is 0 Å². The molecule has 0 aromatic carbocycles.